The van der Waals surface area contributed by atoms with Gasteiger partial charge < -0.3 is 0 Å². The van der Waals surface area contributed by atoms with Crippen molar-refractivity contribution in [1.82, 2.24) is 0 Å². The summed E-state index contributed by atoms with van der Waals surface area (Å²) >= 11 is 3.48. The standard InChI is InChI=1S/C15H21Br/c16-12-4-5-13-8-10-15(11-9-13)14-6-2-1-3-7-14/h8-11,14H,1-7,12H2. The highest BCUT2D eigenvalue weighted by Crippen LogP contribution is 2.32. The van der Waals surface area contributed by atoms with E-state index < -0.39 is 0 Å². The number of halogens is 1. The Morgan fingerprint density at radius 3 is 2.31 bits per heavy atom. The van der Waals surface area contributed by atoms with E-state index in [1.54, 1.807) is 5.56 Å². The third-order valence-electron chi connectivity index (χ3n) is 3.66. The fraction of sp³-hybridized carbons (Fsp3) is 0.600. The molecular weight excluding hydrogens is 260 g/mol. The maximum Gasteiger partial charge on any atom is 0.00344 e. The molecule has 0 aliphatic heterocycles. The quantitative estimate of drug-likeness (QED) is 0.676. The molecule has 2 rings (SSSR count). The summed E-state index contributed by atoms with van der Waals surface area (Å²) in [5.74, 6) is 0.846. The van der Waals surface area contributed by atoms with E-state index in [0.29, 0.717) is 0 Å². The number of aryl methyl sites for hydroxylation is 1. The molecule has 0 amide bonds. The van der Waals surface area contributed by atoms with E-state index in [4.69, 9.17) is 0 Å². The molecule has 1 aliphatic rings. The van der Waals surface area contributed by atoms with Gasteiger partial charge in [0.15, 0.2) is 0 Å². The Labute approximate surface area is 108 Å². The average Bonchev–Trinajstić information content (AvgIpc) is 2.38. The summed E-state index contributed by atoms with van der Waals surface area (Å²) < 4.78 is 0. The molecule has 0 aromatic heterocycles. The van der Waals surface area contributed by atoms with Crippen molar-refractivity contribution in [3.63, 3.8) is 0 Å². The van der Waals surface area contributed by atoms with Gasteiger partial charge >= 0.3 is 0 Å². The van der Waals surface area contributed by atoms with Crippen molar-refractivity contribution in [2.75, 3.05) is 5.33 Å². The Kier molecular flexibility index (Phi) is 4.90. The molecular formula is C15H21Br. The molecule has 0 unspecified atom stereocenters. The summed E-state index contributed by atoms with van der Waals surface area (Å²) in [7, 11) is 0. The monoisotopic (exact) mass is 280 g/mol. The van der Waals surface area contributed by atoms with Gasteiger partial charge in [0.05, 0.1) is 0 Å². The van der Waals surface area contributed by atoms with Crippen LogP contribution in [0.4, 0.5) is 0 Å². The number of hydrogen-bond donors (Lipinski definition) is 0. The van der Waals surface area contributed by atoms with E-state index in [1.807, 2.05) is 0 Å². The van der Waals surface area contributed by atoms with E-state index in [0.717, 1.165) is 11.2 Å². The molecule has 1 heteroatoms. The second-order valence-electron chi connectivity index (χ2n) is 4.87. The third-order valence-corrected chi connectivity index (χ3v) is 4.22. The molecule has 0 nitrogen and oxygen atoms in total. The van der Waals surface area contributed by atoms with Gasteiger partial charge in [0.1, 0.15) is 0 Å². The molecule has 0 saturated heterocycles. The van der Waals surface area contributed by atoms with Crippen molar-refractivity contribution in [3.05, 3.63) is 35.4 Å². The predicted molar refractivity (Wildman–Crippen MR) is 74.4 cm³/mol. The van der Waals surface area contributed by atoms with Crippen LogP contribution in [0.3, 0.4) is 0 Å². The van der Waals surface area contributed by atoms with Crippen molar-refractivity contribution < 1.29 is 0 Å². The Morgan fingerprint density at radius 1 is 1.00 bits per heavy atom. The van der Waals surface area contributed by atoms with Crippen LogP contribution in [0.5, 0.6) is 0 Å². The van der Waals surface area contributed by atoms with Crippen LogP contribution >= 0.6 is 15.9 Å². The number of rotatable bonds is 4. The van der Waals surface area contributed by atoms with Crippen molar-refractivity contribution in [1.29, 1.82) is 0 Å². The normalized spacial score (nSPS) is 17.6. The van der Waals surface area contributed by atoms with Crippen LogP contribution in [0.2, 0.25) is 0 Å². The lowest BCUT2D eigenvalue weighted by Crippen LogP contribution is -2.04. The van der Waals surface area contributed by atoms with Gasteiger partial charge in [0.25, 0.3) is 0 Å². The molecule has 88 valence electrons. The van der Waals surface area contributed by atoms with Crippen LogP contribution in [-0.4, -0.2) is 5.33 Å². The van der Waals surface area contributed by atoms with Crippen LogP contribution in [-0.2, 0) is 6.42 Å². The highest BCUT2D eigenvalue weighted by atomic mass is 79.9. The van der Waals surface area contributed by atoms with Gasteiger partial charge in [-0.15, -0.1) is 0 Å². The highest BCUT2D eigenvalue weighted by Gasteiger charge is 2.14. The minimum atomic E-state index is 0.846. The zero-order valence-corrected chi connectivity index (χ0v) is 11.5. The van der Waals surface area contributed by atoms with Crippen molar-refractivity contribution in [2.24, 2.45) is 0 Å². The molecule has 16 heavy (non-hydrogen) atoms. The summed E-state index contributed by atoms with van der Waals surface area (Å²) in [4.78, 5) is 0. The molecule has 0 bridgehead atoms. The number of alkyl halides is 1. The molecule has 1 aromatic carbocycles. The molecule has 1 aliphatic carbocycles. The van der Waals surface area contributed by atoms with Crippen LogP contribution in [0, 0.1) is 0 Å². The van der Waals surface area contributed by atoms with Gasteiger partial charge in [-0.25, -0.2) is 0 Å². The molecule has 0 radical (unpaired) electrons. The van der Waals surface area contributed by atoms with Crippen molar-refractivity contribution in [2.45, 2.75) is 50.9 Å². The molecule has 1 aromatic rings. The summed E-state index contributed by atoms with van der Waals surface area (Å²) in [6.07, 6.45) is 9.55. The molecule has 1 saturated carbocycles. The van der Waals surface area contributed by atoms with E-state index in [1.165, 1.54) is 50.5 Å². The van der Waals surface area contributed by atoms with Crippen LogP contribution < -0.4 is 0 Å². The molecule has 0 spiro atoms. The Bertz CT molecular complexity index is 296. The van der Waals surface area contributed by atoms with Gasteiger partial charge in [0, 0.05) is 5.33 Å². The fourth-order valence-corrected chi connectivity index (χ4v) is 2.94. The highest BCUT2D eigenvalue weighted by molar-refractivity contribution is 9.09. The Hall–Kier alpha value is -0.300. The van der Waals surface area contributed by atoms with Crippen LogP contribution in [0.25, 0.3) is 0 Å². The maximum atomic E-state index is 3.48. The minimum absolute atomic E-state index is 0.846. The van der Waals surface area contributed by atoms with Crippen LogP contribution in [0.15, 0.2) is 24.3 Å². The summed E-state index contributed by atoms with van der Waals surface area (Å²) in [6, 6.07) is 9.37. The third kappa shape index (κ3) is 3.35. The number of hydrogen-bond acceptors (Lipinski definition) is 0. The van der Waals surface area contributed by atoms with Gasteiger partial charge in [-0.1, -0.05) is 59.5 Å². The lowest BCUT2D eigenvalue weighted by Gasteiger charge is -2.22. The maximum absolute atomic E-state index is 3.48. The second kappa shape index (κ2) is 6.44. The SMILES string of the molecule is BrCCCc1ccc(C2CCCCC2)cc1. The van der Waals surface area contributed by atoms with E-state index >= 15 is 0 Å². The predicted octanol–water partition coefficient (Wildman–Crippen LogP) is 5.06. The van der Waals surface area contributed by atoms with Gasteiger partial charge in [-0.3, -0.25) is 0 Å². The number of benzene rings is 1. The average molecular weight is 281 g/mol. The molecule has 0 N–H and O–H groups in total. The first-order chi connectivity index (χ1) is 7.90. The van der Waals surface area contributed by atoms with Gasteiger partial charge in [0.2, 0.25) is 0 Å². The molecule has 0 atom stereocenters. The van der Waals surface area contributed by atoms with Gasteiger partial charge in [-0.2, -0.15) is 0 Å². The summed E-state index contributed by atoms with van der Waals surface area (Å²) in [5, 5.41) is 1.11. The topological polar surface area (TPSA) is 0 Å². The van der Waals surface area contributed by atoms with Crippen LogP contribution in [0.1, 0.15) is 55.6 Å². The lowest BCUT2D eigenvalue weighted by molar-refractivity contribution is 0.443. The second-order valence-corrected chi connectivity index (χ2v) is 5.66. The Balaban J connectivity index is 1.95. The lowest BCUT2D eigenvalue weighted by atomic mass is 9.84. The first-order valence-electron chi connectivity index (χ1n) is 6.55. The smallest absolute Gasteiger partial charge is 0.00344 e. The largest absolute Gasteiger partial charge is 0.0928 e. The summed E-state index contributed by atoms with van der Waals surface area (Å²) in [6.45, 7) is 0. The van der Waals surface area contributed by atoms with Crippen molar-refractivity contribution >= 4 is 15.9 Å². The van der Waals surface area contributed by atoms with Gasteiger partial charge in [-0.05, 0) is 42.7 Å². The fourth-order valence-electron chi connectivity index (χ4n) is 2.66. The zero-order valence-electron chi connectivity index (χ0n) is 9.92. The molecule has 1 fully saturated rings. The minimum Gasteiger partial charge on any atom is -0.0928 e. The first-order valence-corrected chi connectivity index (χ1v) is 7.67. The van der Waals surface area contributed by atoms with E-state index in [9.17, 15) is 0 Å². The van der Waals surface area contributed by atoms with E-state index in [-0.39, 0.29) is 0 Å². The molecule has 0 heterocycles. The first kappa shape index (κ1) is 12.2. The summed E-state index contributed by atoms with van der Waals surface area (Å²) in [5.41, 5.74) is 3.06. The Morgan fingerprint density at radius 2 is 1.69 bits per heavy atom. The van der Waals surface area contributed by atoms with Crippen molar-refractivity contribution in [3.8, 4) is 0 Å². The van der Waals surface area contributed by atoms with E-state index in [2.05, 4.69) is 40.2 Å². The zero-order chi connectivity index (χ0) is 11.2.